The molecular formula is C13H19BrFN. The molecule has 1 N–H and O–H groups in total. The second-order valence-electron chi connectivity index (χ2n) is 5.33. The van der Waals surface area contributed by atoms with E-state index in [0.29, 0.717) is 5.56 Å². The highest BCUT2D eigenvalue weighted by Crippen LogP contribution is 2.22. The van der Waals surface area contributed by atoms with Gasteiger partial charge in [0.1, 0.15) is 5.82 Å². The lowest BCUT2D eigenvalue weighted by atomic mass is 9.96. The molecule has 1 rings (SSSR count). The monoisotopic (exact) mass is 287 g/mol. The smallest absolute Gasteiger partial charge is 0.128 e. The molecule has 0 aliphatic heterocycles. The van der Waals surface area contributed by atoms with Gasteiger partial charge in [0, 0.05) is 22.6 Å². The van der Waals surface area contributed by atoms with E-state index in [1.807, 2.05) is 13.0 Å². The molecule has 1 nitrogen and oxygen atoms in total. The van der Waals surface area contributed by atoms with Crippen molar-refractivity contribution in [2.45, 2.75) is 33.7 Å². The molecule has 1 aromatic carbocycles. The highest BCUT2D eigenvalue weighted by atomic mass is 79.9. The summed E-state index contributed by atoms with van der Waals surface area (Å²) >= 11 is 3.36. The van der Waals surface area contributed by atoms with E-state index in [9.17, 15) is 4.39 Å². The van der Waals surface area contributed by atoms with Crippen molar-refractivity contribution < 1.29 is 4.39 Å². The molecule has 0 radical (unpaired) electrons. The van der Waals surface area contributed by atoms with Gasteiger partial charge >= 0.3 is 0 Å². The maximum Gasteiger partial charge on any atom is 0.128 e. The molecule has 3 heteroatoms. The molecule has 0 spiro atoms. The van der Waals surface area contributed by atoms with E-state index in [2.05, 4.69) is 42.0 Å². The van der Waals surface area contributed by atoms with Gasteiger partial charge in [-0.1, -0.05) is 36.7 Å². The molecule has 1 aromatic rings. The Morgan fingerprint density at radius 2 is 2.00 bits per heavy atom. The zero-order valence-corrected chi connectivity index (χ0v) is 11.9. The van der Waals surface area contributed by atoms with Crippen molar-refractivity contribution in [3.63, 3.8) is 0 Å². The van der Waals surface area contributed by atoms with Gasteiger partial charge in [-0.15, -0.1) is 0 Å². The maximum atomic E-state index is 13.6. The van der Waals surface area contributed by atoms with Crippen molar-refractivity contribution in [2.75, 3.05) is 6.54 Å². The minimum absolute atomic E-state index is 0.0247. The molecular weight excluding hydrogens is 269 g/mol. The number of hydrogen-bond donors (Lipinski definition) is 1. The average Bonchev–Trinajstić information content (AvgIpc) is 2.17. The van der Waals surface area contributed by atoms with Crippen LogP contribution in [-0.4, -0.2) is 6.54 Å². The first-order valence-corrected chi connectivity index (χ1v) is 6.27. The predicted octanol–water partition coefficient (Wildman–Crippen LogP) is 4.28. The van der Waals surface area contributed by atoms with Gasteiger partial charge in [-0.3, -0.25) is 0 Å². The van der Waals surface area contributed by atoms with Crippen LogP contribution in [0.5, 0.6) is 0 Å². The van der Waals surface area contributed by atoms with E-state index in [0.717, 1.165) is 11.0 Å². The highest BCUT2D eigenvalue weighted by Gasteiger charge is 2.15. The van der Waals surface area contributed by atoms with Gasteiger partial charge in [-0.2, -0.15) is 0 Å². The summed E-state index contributed by atoms with van der Waals surface area (Å²) < 4.78 is 14.5. The zero-order valence-electron chi connectivity index (χ0n) is 10.3. The third-order valence-corrected chi connectivity index (χ3v) is 2.86. The molecule has 0 aromatic heterocycles. The summed E-state index contributed by atoms with van der Waals surface area (Å²) in [6, 6.07) is 5.07. The minimum Gasteiger partial charge on any atom is -0.310 e. The Kier molecular flexibility index (Phi) is 4.51. The highest BCUT2D eigenvalue weighted by molar-refractivity contribution is 9.10. The molecule has 0 aliphatic rings. The van der Waals surface area contributed by atoms with Gasteiger partial charge in [0.25, 0.3) is 0 Å². The Balaban J connectivity index is 2.73. The van der Waals surface area contributed by atoms with Crippen LogP contribution in [0.25, 0.3) is 0 Å². The van der Waals surface area contributed by atoms with E-state index >= 15 is 0 Å². The van der Waals surface area contributed by atoms with Crippen molar-refractivity contribution in [2.24, 2.45) is 5.41 Å². The SMILES string of the molecule is CC(NCC(C)(C)C)c1cc(Br)ccc1F. The Bertz CT molecular complexity index is 357. The first kappa shape index (κ1) is 13.7. The van der Waals surface area contributed by atoms with Gasteiger partial charge in [0.05, 0.1) is 0 Å². The van der Waals surface area contributed by atoms with Crippen LogP contribution in [0.15, 0.2) is 22.7 Å². The van der Waals surface area contributed by atoms with Crippen molar-refractivity contribution in [3.05, 3.63) is 34.1 Å². The topological polar surface area (TPSA) is 12.0 Å². The normalized spacial score (nSPS) is 13.9. The summed E-state index contributed by atoms with van der Waals surface area (Å²) in [7, 11) is 0. The molecule has 0 bridgehead atoms. The molecule has 0 fully saturated rings. The molecule has 0 amide bonds. The number of hydrogen-bond acceptors (Lipinski definition) is 1. The molecule has 1 unspecified atom stereocenters. The van der Waals surface area contributed by atoms with Crippen LogP contribution < -0.4 is 5.32 Å². The van der Waals surface area contributed by atoms with Crippen molar-refractivity contribution >= 4 is 15.9 Å². The largest absolute Gasteiger partial charge is 0.310 e. The van der Waals surface area contributed by atoms with Crippen molar-refractivity contribution in [3.8, 4) is 0 Å². The van der Waals surface area contributed by atoms with Gasteiger partial charge < -0.3 is 5.32 Å². The molecule has 0 aliphatic carbocycles. The molecule has 0 saturated carbocycles. The first-order chi connectivity index (χ1) is 7.29. The Hall–Kier alpha value is -0.410. The molecule has 16 heavy (non-hydrogen) atoms. The fourth-order valence-electron chi connectivity index (χ4n) is 1.42. The molecule has 1 atom stereocenters. The third kappa shape index (κ3) is 4.22. The second-order valence-corrected chi connectivity index (χ2v) is 6.24. The molecule has 90 valence electrons. The molecule has 0 heterocycles. The van der Waals surface area contributed by atoms with Crippen LogP contribution in [0.1, 0.15) is 39.3 Å². The summed E-state index contributed by atoms with van der Waals surface area (Å²) in [5, 5.41) is 3.35. The summed E-state index contributed by atoms with van der Waals surface area (Å²) in [6.45, 7) is 9.31. The van der Waals surface area contributed by atoms with E-state index in [1.54, 1.807) is 6.07 Å². The van der Waals surface area contributed by atoms with E-state index in [1.165, 1.54) is 6.07 Å². The Morgan fingerprint density at radius 1 is 1.38 bits per heavy atom. The fraction of sp³-hybridized carbons (Fsp3) is 0.538. The summed E-state index contributed by atoms with van der Waals surface area (Å²) in [6.07, 6.45) is 0. The van der Waals surface area contributed by atoms with Crippen LogP contribution in [0.2, 0.25) is 0 Å². The van der Waals surface area contributed by atoms with E-state index in [4.69, 9.17) is 0 Å². The fourth-order valence-corrected chi connectivity index (χ4v) is 1.79. The summed E-state index contributed by atoms with van der Waals surface area (Å²) in [4.78, 5) is 0. The van der Waals surface area contributed by atoms with Crippen molar-refractivity contribution in [1.82, 2.24) is 5.32 Å². The van der Waals surface area contributed by atoms with Gasteiger partial charge in [0.15, 0.2) is 0 Å². The van der Waals surface area contributed by atoms with E-state index in [-0.39, 0.29) is 17.3 Å². The lowest BCUT2D eigenvalue weighted by Gasteiger charge is -2.23. The van der Waals surface area contributed by atoms with Crippen molar-refractivity contribution in [1.29, 1.82) is 0 Å². The first-order valence-electron chi connectivity index (χ1n) is 5.48. The van der Waals surface area contributed by atoms with Gasteiger partial charge in [-0.05, 0) is 30.5 Å². The quantitative estimate of drug-likeness (QED) is 0.875. The number of benzene rings is 1. The number of rotatable bonds is 3. The van der Waals surface area contributed by atoms with Crippen LogP contribution in [0.3, 0.4) is 0 Å². The predicted molar refractivity (Wildman–Crippen MR) is 70.0 cm³/mol. The Labute approximate surface area is 106 Å². The van der Waals surface area contributed by atoms with Gasteiger partial charge in [-0.25, -0.2) is 4.39 Å². The lowest BCUT2D eigenvalue weighted by Crippen LogP contribution is -2.29. The summed E-state index contributed by atoms with van der Waals surface area (Å²) in [5.41, 5.74) is 0.912. The summed E-state index contributed by atoms with van der Waals surface area (Å²) in [5.74, 6) is -0.155. The number of halogens is 2. The maximum absolute atomic E-state index is 13.6. The third-order valence-electron chi connectivity index (χ3n) is 2.36. The second kappa shape index (κ2) is 5.28. The molecule has 0 saturated heterocycles. The van der Waals surface area contributed by atoms with Crippen LogP contribution in [-0.2, 0) is 0 Å². The Morgan fingerprint density at radius 3 is 2.56 bits per heavy atom. The standard InChI is InChI=1S/C13H19BrFN/c1-9(16-8-13(2,3)4)11-7-10(14)5-6-12(11)15/h5-7,9,16H,8H2,1-4H3. The average molecular weight is 288 g/mol. The lowest BCUT2D eigenvalue weighted by molar-refractivity contribution is 0.356. The van der Waals surface area contributed by atoms with Crippen LogP contribution in [0, 0.1) is 11.2 Å². The zero-order chi connectivity index (χ0) is 12.3. The minimum atomic E-state index is -0.155. The number of nitrogens with one attached hydrogen (secondary N) is 1. The van der Waals surface area contributed by atoms with E-state index < -0.39 is 0 Å². The van der Waals surface area contributed by atoms with Crippen LogP contribution >= 0.6 is 15.9 Å². The van der Waals surface area contributed by atoms with Crippen LogP contribution in [0.4, 0.5) is 4.39 Å². The van der Waals surface area contributed by atoms with Gasteiger partial charge in [0.2, 0.25) is 0 Å².